The third-order valence-corrected chi connectivity index (χ3v) is 7.94. The summed E-state index contributed by atoms with van der Waals surface area (Å²) in [6.07, 6.45) is 8.88. The molecule has 0 radical (unpaired) electrons. The SMILES string of the molecule is Cc1ncc(Cl)cc1C(=O)N[C@H]1CC[C@H](Cn2c(=O)n(-c3cnc4ccn(C)c4c3)c3ccccc32)CC1. The van der Waals surface area contributed by atoms with Gasteiger partial charge in [-0.2, -0.15) is 0 Å². The summed E-state index contributed by atoms with van der Waals surface area (Å²) in [5.74, 6) is 0.215. The van der Waals surface area contributed by atoms with Gasteiger partial charge >= 0.3 is 5.69 Å². The zero-order chi connectivity index (χ0) is 26.4. The lowest BCUT2D eigenvalue weighted by molar-refractivity contribution is 0.0919. The Bertz CT molecular complexity index is 1720. The van der Waals surface area contributed by atoms with Crippen LogP contribution in [0.25, 0.3) is 27.8 Å². The zero-order valence-corrected chi connectivity index (χ0v) is 22.2. The van der Waals surface area contributed by atoms with Gasteiger partial charge in [0.25, 0.3) is 5.91 Å². The second kappa shape index (κ2) is 9.76. The molecule has 4 aromatic heterocycles. The average Bonchev–Trinajstić information content (AvgIpc) is 3.43. The molecular weight excluding hydrogens is 500 g/mol. The molecule has 0 bridgehead atoms. The van der Waals surface area contributed by atoms with E-state index in [2.05, 4.69) is 15.3 Å². The lowest BCUT2D eigenvalue weighted by Gasteiger charge is -2.29. The number of nitrogens with zero attached hydrogens (tertiary/aromatic N) is 5. The lowest BCUT2D eigenvalue weighted by Crippen LogP contribution is -2.39. The summed E-state index contributed by atoms with van der Waals surface area (Å²) in [6.45, 7) is 2.45. The number of para-hydroxylation sites is 2. The van der Waals surface area contributed by atoms with Gasteiger partial charge in [0.1, 0.15) is 0 Å². The number of nitrogens with one attached hydrogen (secondary N) is 1. The largest absolute Gasteiger partial charge is 0.349 e. The van der Waals surface area contributed by atoms with E-state index < -0.39 is 0 Å². The smallest absolute Gasteiger partial charge is 0.333 e. The van der Waals surface area contributed by atoms with Gasteiger partial charge in [0.15, 0.2) is 0 Å². The molecule has 0 unspecified atom stereocenters. The second-order valence-electron chi connectivity index (χ2n) is 10.2. The van der Waals surface area contributed by atoms with Crippen molar-refractivity contribution in [2.45, 2.75) is 45.2 Å². The Morgan fingerprint density at radius 1 is 1.03 bits per heavy atom. The fourth-order valence-electron chi connectivity index (χ4n) is 5.63. The molecule has 6 rings (SSSR count). The Morgan fingerprint density at radius 3 is 2.58 bits per heavy atom. The van der Waals surface area contributed by atoms with Crippen LogP contribution in [0.15, 0.2) is 65.8 Å². The Morgan fingerprint density at radius 2 is 1.79 bits per heavy atom. The van der Waals surface area contributed by atoms with E-state index >= 15 is 0 Å². The van der Waals surface area contributed by atoms with Crippen molar-refractivity contribution in [3.05, 3.63) is 87.8 Å². The highest BCUT2D eigenvalue weighted by molar-refractivity contribution is 6.30. The minimum absolute atomic E-state index is 0.0547. The maximum absolute atomic E-state index is 13.8. The van der Waals surface area contributed by atoms with Crippen molar-refractivity contribution >= 4 is 39.6 Å². The van der Waals surface area contributed by atoms with Crippen molar-refractivity contribution in [2.75, 3.05) is 0 Å². The van der Waals surface area contributed by atoms with Gasteiger partial charge in [0.2, 0.25) is 0 Å². The second-order valence-corrected chi connectivity index (χ2v) is 10.7. The summed E-state index contributed by atoms with van der Waals surface area (Å²) in [4.78, 5) is 35.3. The summed E-state index contributed by atoms with van der Waals surface area (Å²) in [5.41, 5.74) is 5.56. The van der Waals surface area contributed by atoms with Gasteiger partial charge < -0.3 is 9.88 Å². The van der Waals surface area contributed by atoms with Crippen LogP contribution < -0.4 is 11.0 Å². The van der Waals surface area contributed by atoms with Gasteiger partial charge in [-0.1, -0.05) is 23.7 Å². The summed E-state index contributed by atoms with van der Waals surface area (Å²) in [7, 11) is 1.98. The van der Waals surface area contributed by atoms with Crippen molar-refractivity contribution < 1.29 is 4.79 Å². The number of hydrogen-bond acceptors (Lipinski definition) is 4. The van der Waals surface area contributed by atoms with Crippen LogP contribution in [0.4, 0.5) is 0 Å². The lowest BCUT2D eigenvalue weighted by atomic mass is 9.85. The van der Waals surface area contributed by atoms with E-state index in [0.29, 0.717) is 28.7 Å². The highest BCUT2D eigenvalue weighted by Gasteiger charge is 2.26. The highest BCUT2D eigenvalue weighted by Crippen LogP contribution is 2.28. The first-order chi connectivity index (χ1) is 18.4. The number of aryl methyl sites for hydroxylation is 2. The molecule has 0 saturated heterocycles. The number of hydrogen-bond donors (Lipinski definition) is 1. The number of fused-ring (bicyclic) bond motifs is 2. The van der Waals surface area contributed by atoms with Crippen LogP contribution in [0.5, 0.6) is 0 Å². The molecule has 1 N–H and O–H groups in total. The Hall–Kier alpha value is -3.91. The van der Waals surface area contributed by atoms with E-state index in [-0.39, 0.29) is 17.6 Å². The Kier molecular flexibility index (Phi) is 6.27. The molecule has 1 saturated carbocycles. The van der Waals surface area contributed by atoms with Gasteiger partial charge in [0, 0.05) is 32.0 Å². The molecule has 1 fully saturated rings. The first-order valence-corrected chi connectivity index (χ1v) is 13.3. The van der Waals surface area contributed by atoms with E-state index in [1.165, 1.54) is 0 Å². The van der Waals surface area contributed by atoms with E-state index in [9.17, 15) is 9.59 Å². The average molecular weight is 529 g/mol. The molecule has 0 atom stereocenters. The molecular formula is C29H29ClN6O2. The third-order valence-electron chi connectivity index (χ3n) is 7.73. The van der Waals surface area contributed by atoms with Gasteiger partial charge in [0.05, 0.1) is 50.2 Å². The van der Waals surface area contributed by atoms with Crippen LogP contribution in [0.2, 0.25) is 5.02 Å². The molecule has 5 aromatic rings. The minimum atomic E-state index is -0.135. The van der Waals surface area contributed by atoms with Crippen LogP contribution >= 0.6 is 11.6 Å². The Labute approximate surface area is 224 Å². The summed E-state index contributed by atoms with van der Waals surface area (Å²) in [6, 6.07) is 13.7. The van der Waals surface area contributed by atoms with Crippen molar-refractivity contribution in [1.82, 2.24) is 29.0 Å². The molecule has 0 aliphatic heterocycles. The summed E-state index contributed by atoms with van der Waals surface area (Å²) < 4.78 is 5.68. The van der Waals surface area contributed by atoms with E-state index in [1.807, 2.05) is 65.7 Å². The van der Waals surface area contributed by atoms with Gasteiger partial charge in [-0.25, -0.2) is 4.79 Å². The molecule has 8 nitrogen and oxygen atoms in total. The van der Waals surface area contributed by atoms with Crippen LogP contribution in [0.3, 0.4) is 0 Å². The predicted octanol–water partition coefficient (Wildman–Crippen LogP) is 5.02. The van der Waals surface area contributed by atoms with Crippen molar-refractivity contribution in [2.24, 2.45) is 13.0 Å². The number of carbonyl (C=O) groups is 1. The van der Waals surface area contributed by atoms with Crippen LogP contribution in [0, 0.1) is 12.8 Å². The molecule has 1 aliphatic rings. The number of rotatable bonds is 5. The number of aromatic nitrogens is 5. The van der Waals surface area contributed by atoms with Gasteiger partial charge in [-0.05, 0) is 68.9 Å². The Balaban J connectivity index is 1.21. The minimum Gasteiger partial charge on any atom is -0.349 e. The number of carbonyl (C=O) groups excluding carboxylic acids is 1. The monoisotopic (exact) mass is 528 g/mol. The van der Waals surface area contributed by atoms with E-state index in [4.69, 9.17) is 11.6 Å². The van der Waals surface area contributed by atoms with Gasteiger partial charge in [-0.15, -0.1) is 0 Å². The van der Waals surface area contributed by atoms with Crippen LogP contribution in [-0.2, 0) is 13.6 Å². The van der Waals surface area contributed by atoms with E-state index in [1.54, 1.807) is 23.0 Å². The molecule has 4 heterocycles. The van der Waals surface area contributed by atoms with Crippen molar-refractivity contribution in [1.29, 1.82) is 0 Å². The number of imidazole rings is 1. The maximum Gasteiger partial charge on any atom is 0.333 e. The zero-order valence-electron chi connectivity index (χ0n) is 21.4. The number of halogens is 1. The van der Waals surface area contributed by atoms with Crippen molar-refractivity contribution in [3.8, 4) is 5.69 Å². The van der Waals surface area contributed by atoms with Crippen LogP contribution in [-0.4, -0.2) is 35.6 Å². The maximum atomic E-state index is 13.8. The first-order valence-electron chi connectivity index (χ1n) is 12.9. The fourth-order valence-corrected chi connectivity index (χ4v) is 5.79. The molecule has 9 heteroatoms. The van der Waals surface area contributed by atoms with E-state index in [0.717, 1.165) is 53.4 Å². The third kappa shape index (κ3) is 4.39. The molecule has 194 valence electrons. The molecule has 1 amide bonds. The van der Waals surface area contributed by atoms with Gasteiger partial charge in [-0.3, -0.25) is 23.9 Å². The quantitative estimate of drug-likeness (QED) is 0.347. The molecule has 1 aromatic carbocycles. The first kappa shape index (κ1) is 24.4. The molecule has 1 aliphatic carbocycles. The topological polar surface area (TPSA) is 86.7 Å². The fraction of sp³-hybridized carbons (Fsp3) is 0.310. The van der Waals surface area contributed by atoms with Crippen LogP contribution in [0.1, 0.15) is 41.7 Å². The predicted molar refractivity (Wildman–Crippen MR) is 149 cm³/mol. The standard InChI is InChI=1S/C29H29ClN6O2/c1-18-23(13-20(30)15-31-18)28(37)33-21-9-7-19(8-10-21)17-35-25-5-3-4-6-26(25)36(29(35)38)22-14-27-24(32-16-22)11-12-34(27)2/h3-6,11-16,19,21H,7-10,17H2,1-2H3,(H,33,37)/t19-,21-. The normalized spacial score (nSPS) is 17.8. The number of pyridine rings is 2. The highest BCUT2D eigenvalue weighted by atomic mass is 35.5. The molecule has 0 spiro atoms. The summed E-state index contributed by atoms with van der Waals surface area (Å²) in [5, 5.41) is 3.60. The summed E-state index contributed by atoms with van der Waals surface area (Å²) >= 11 is 6.05. The number of amides is 1. The molecule has 38 heavy (non-hydrogen) atoms. The number of benzene rings is 1. The van der Waals surface area contributed by atoms with Crippen molar-refractivity contribution in [3.63, 3.8) is 0 Å².